The van der Waals surface area contributed by atoms with Crippen LogP contribution in [0.1, 0.15) is 34.3 Å². The molecular weight excluding hydrogens is 224 g/mol. The lowest BCUT2D eigenvalue weighted by atomic mass is 10.0. The fraction of sp³-hybridized carbons (Fsp3) is 0.400. The number of carbonyl (C=O) groups is 1. The molecular formula is C15H18N2O. The van der Waals surface area contributed by atoms with Crippen LogP contribution in [-0.4, -0.2) is 19.0 Å². The van der Waals surface area contributed by atoms with E-state index in [0.29, 0.717) is 18.0 Å². The normalized spacial score (nSPS) is 13.7. The van der Waals surface area contributed by atoms with Gasteiger partial charge in [-0.1, -0.05) is 11.8 Å². The highest BCUT2D eigenvalue weighted by molar-refractivity contribution is 5.94. The molecule has 0 heterocycles. The zero-order valence-corrected chi connectivity index (χ0v) is 10.6. The zero-order chi connectivity index (χ0) is 13.0. The van der Waals surface area contributed by atoms with Crippen molar-refractivity contribution in [2.45, 2.75) is 19.8 Å². The third kappa shape index (κ3) is 3.35. The van der Waals surface area contributed by atoms with Gasteiger partial charge in [-0.3, -0.25) is 4.79 Å². The Balaban J connectivity index is 2.04. The van der Waals surface area contributed by atoms with Gasteiger partial charge in [0, 0.05) is 17.7 Å². The van der Waals surface area contributed by atoms with E-state index < -0.39 is 0 Å². The Kier molecular flexibility index (Phi) is 4.01. The third-order valence-electron chi connectivity index (χ3n) is 3.06. The standard InChI is InChI=1S/C15H18N2O/c1-11-9-14(7-6-13(11)3-2-8-16)15(18)17-10-12-4-5-12/h6-7,9,12H,4-5,8,10,16H2,1H3,(H,17,18). The van der Waals surface area contributed by atoms with Crippen LogP contribution < -0.4 is 11.1 Å². The summed E-state index contributed by atoms with van der Waals surface area (Å²) in [5.41, 5.74) is 7.98. The van der Waals surface area contributed by atoms with Crippen LogP contribution in [0.5, 0.6) is 0 Å². The Hall–Kier alpha value is -1.79. The first kappa shape index (κ1) is 12.7. The lowest BCUT2D eigenvalue weighted by molar-refractivity contribution is 0.0951. The van der Waals surface area contributed by atoms with Crippen molar-refractivity contribution in [1.29, 1.82) is 0 Å². The highest BCUT2D eigenvalue weighted by atomic mass is 16.1. The van der Waals surface area contributed by atoms with Gasteiger partial charge < -0.3 is 11.1 Å². The maximum atomic E-state index is 11.9. The van der Waals surface area contributed by atoms with Gasteiger partial charge in [0.25, 0.3) is 5.91 Å². The van der Waals surface area contributed by atoms with Crippen molar-refractivity contribution in [2.75, 3.05) is 13.1 Å². The molecule has 1 aromatic rings. The van der Waals surface area contributed by atoms with E-state index in [2.05, 4.69) is 17.2 Å². The number of hydrogen-bond acceptors (Lipinski definition) is 2. The van der Waals surface area contributed by atoms with E-state index in [-0.39, 0.29) is 5.91 Å². The molecule has 1 fully saturated rings. The Bertz CT molecular complexity index is 507. The number of nitrogens with two attached hydrogens (primary N) is 1. The molecule has 0 aromatic heterocycles. The average molecular weight is 242 g/mol. The van der Waals surface area contributed by atoms with Gasteiger partial charge in [-0.15, -0.1) is 0 Å². The number of nitrogens with one attached hydrogen (secondary N) is 1. The first-order chi connectivity index (χ1) is 8.70. The topological polar surface area (TPSA) is 55.1 Å². The predicted molar refractivity (Wildman–Crippen MR) is 72.2 cm³/mol. The van der Waals surface area contributed by atoms with Crippen LogP contribution in [0.3, 0.4) is 0 Å². The Labute approximate surface area is 108 Å². The van der Waals surface area contributed by atoms with E-state index in [4.69, 9.17) is 5.73 Å². The molecule has 1 saturated carbocycles. The van der Waals surface area contributed by atoms with Crippen molar-refractivity contribution < 1.29 is 4.79 Å². The first-order valence-electron chi connectivity index (χ1n) is 6.28. The van der Waals surface area contributed by atoms with Crippen LogP contribution in [-0.2, 0) is 0 Å². The van der Waals surface area contributed by atoms with Gasteiger partial charge in [-0.05, 0) is 49.4 Å². The molecule has 1 aromatic carbocycles. The summed E-state index contributed by atoms with van der Waals surface area (Å²) in [5.74, 6) is 6.51. The minimum atomic E-state index is 0.00309. The van der Waals surface area contributed by atoms with E-state index in [1.165, 1.54) is 12.8 Å². The second-order valence-electron chi connectivity index (χ2n) is 4.69. The van der Waals surface area contributed by atoms with Gasteiger partial charge >= 0.3 is 0 Å². The summed E-state index contributed by atoms with van der Waals surface area (Å²) in [7, 11) is 0. The third-order valence-corrected chi connectivity index (χ3v) is 3.06. The molecule has 0 unspecified atom stereocenters. The summed E-state index contributed by atoms with van der Waals surface area (Å²) < 4.78 is 0. The van der Waals surface area contributed by atoms with Gasteiger partial charge in [0.05, 0.1) is 6.54 Å². The van der Waals surface area contributed by atoms with Crippen molar-refractivity contribution in [2.24, 2.45) is 11.7 Å². The van der Waals surface area contributed by atoms with Gasteiger partial charge in [0.1, 0.15) is 0 Å². The zero-order valence-electron chi connectivity index (χ0n) is 10.6. The van der Waals surface area contributed by atoms with Crippen molar-refractivity contribution in [3.63, 3.8) is 0 Å². The maximum absolute atomic E-state index is 11.9. The molecule has 0 radical (unpaired) electrons. The van der Waals surface area contributed by atoms with Crippen molar-refractivity contribution in [1.82, 2.24) is 5.32 Å². The van der Waals surface area contributed by atoms with Gasteiger partial charge in [0.15, 0.2) is 0 Å². The molecule has 0 spiro atoms. The molecule has 1 aliphatic carbocycles. The van der Waals surface area contributed by atoms with Gasteiger partial charge in [-0.25, -0.2) is 0 Å². The summed E-state index contributed by atoms with van der Waals surface area (Å²) in [6.07, 6.45) is 2.49. The SMILES string of the molecule is Cc1cc(C(=O)NCC2CC2)ccc1C#CCN. The van der Waals surface area contributed by atoms with Crippen LogP contribution >= 0.6 is 0 Å². The second-order valence-corrected chi connectivity index (χ2v) is 4.69. The van der Waals surface area contributed by atoms with E-state index >= 15 is 0 Å². The number of carbonyl (C=O) groups excluding carboxylic acids is 1. The largest absolute Gasteiger partial charge is 0.352 e. The average Bonchev–Trinajstić information content (AvgIpc) is 3.18. The van der Waals surface area contributed by atoms with Crippen LogP contribution in [0.15, 0.2) is 18.2 Å². The highest BCUT2D eigenvalue weighted by Crippen LogP contribution is 2.27. The van der Waals surface area contributed by atoms with Crippen molar-refractivity contribution in [3.8, 4) is 11.8 Å². The quantitative estimate of drug-likeness (QED) is 0.788. The van der Waals surface area contributed by atoms with Crippen LogP contribution in [0.2, 0.25) is 0 Å². The van der Waals surface area contributed by atoms with E-state index in [9.17, 15) is 4.79 Å². The minimum Gasteiger partial charge on any atom is -0.352 e. The summed E-state index contributed by atoms with van der Waals surface area (Å²) >= 11 is 0. The molecule has 1 amide bonds. The fourth-order valence-corrected chi connectivity index (χ4v) is 1.75. The van der Waals surface area contributed by atoms with Crippen LogP contribution in [0.25, 0.3) is 0 Å². The lowest BCUT2D eigenvalue weighted by Crippen LogP contribution is -2.25. The van der Waals surface area contributed by atoms with Crippen LogP contribution in [0, 0.1) is 24.7 Å². The molecule has 1 aliphatic rings. The van der Waals surface area contributed by atoms with E-state index in [1.807, 2.05) is 25.1 Å². The molecule has 94 valence electrons. The Morgan fingerprint density at radius 3 is 2.89 bits per heavy atom. The summed E-state index contributed by atoms with van der Waals surface area (Å²) in [6, 6.07) is 5.57. The number of rotatable bonds is 3. The number of hydrogen-bond donors (Lipinski definition) is 2. The van der Waals surface area contributed by atoms with Crippen molar-refractivity contribution >= 4 is 5.91 Å². The summed E-state index contributed by atoms with van der Waals surface area (Å²) in [4.78, 5) is 11.9. The predicted octanol–water partition coefficient (Wildman–Crippen LogP) is 1.45. The highest BCUT2D eigenvalue weighted by Gasteiger charge is 2.21. The Morgan fingerprint density at radius 1 is 1.50 bits per heavy atom. The van der Waals surface area contributed by atoms with E-state index in [1.54, 1.807) is 0 Å². The summed E-state index contributed by atoms with van der Waals surface area (Å²) in [6.45, 7) is 3.11. The molecule has 2 rings (SSSR count). The van der Waals surface area contributed by atoms with E-state index in [0.717, 1.165) is 17.7 Å². The number of benzene rings is 1. The minimum absolute atomic E-state index is 0.00309. The molecule has 18 heavy (non-hydrogen) atoms. The molecule has 3 N–H and O–H groups in total. The lowest BCUT2D eigenvalue weighted by Gasteiger charge is -2.06. The molecule has 3 nitrogen and oxygen atoms in total. The molecule has 0 aliphatic heterocycles. The summed E-state index contributed by atoms with van der Waals surface area (Å²) in [5, 5.41) is 2.96. The van der Waals surface area contributed by atoms with Crippen LogP contribution in [0.4, 0.5) is 0 Å². The molecule has 0 saturated heterocycles. The monoisotopic (exact) mass is 242 g/mol. The second kappa shape index (κ2) is 5.70. The van der Waals surface area contributed by atoms with Gasteiger partial charge in [-0.2, -0.15) is 0 Å². The first-order valence-corrected chi connectivity index (χ1v) is 6.28. The smallest absolute Gasteiger partial charge is 0.251 e. The molecule has 0 atom stereocenters. The number of aryl methyl sites for hydroxylation is 1. The molecule has 0 bridgehead atoms. The number of amides is 1. The maximum Gasteiger partial charge on any atom is 0.251 e. The van der Waals surface area contributed by atoms with Crippen molar-refractivity contribution in [3.05, 3.63) is 34.9 Å². The molecule has 3 heteroatoms. The Morgan fingerprint density at radius 2 is 2.28 bits per heavy atom. The van der Waals surface area contributed by atoms with Gasteiger partial charge in [0.2, 0.25) is 0 Å². The fourth-order valence-electron chi connectivity index (χ4n) is 1.75.